The topological polar surface area (TPSA) is 49.3 Å². The summed E-state index contributed by atoms with van der Waals surface area (Å²) in [6.45, 7) is 8.43. The number of nitrogens with zero attached hydrogens (tertiary/aromatic N) is 2. The molecule has 1 aromatic heterocycles. The van der Waals surface area contributed by atoms with E-state index < -0.39 is 0 Å². The fourth-order valence-electron chi connectivity index (χ4n) is 2.11. The molecule has 0 fully saturated rings. The Balaban J connectivity index is 0.00000288. The normalized spacial score (nSPS) is 11.1. The van der Waals surface area contributed by atoms with Crippen molar-refractivity contribution in [3.63, 3.8) is 0 Å². The molecule has 132 valence electrons. The van der Waals surface area contributed by atoms with Crippen LogP contribution in [0.1, 0.15) is 28.1 Å². The molecule has 7 heteroatoms. The van der Waals surface area contributed by atoms with Crippen LogP contribution in [-0.4, -0.2) is 24.0 Å². The Morgan fingerprint density at radius 3 is 2.71 bits per heavy atom. The number of benzene rings is 1. The maximum absolute atomic E-state index is 6.01. The number of nitrogens with one attached hydrogen (secondary N) is 2. The van der Waals surface area contributed by atoms with E-state index in [0.29, 0.717) is 6.54 Å². The summed E-state index contributed by atoms with van der Waals surface area (Å²) in [6, 6.07) is 7.94. The van der Waals surface area contributed by atoms with Gasteiger partial charge in [0.2, 0.25) is 0 Å². The summed E-state index contributed by atoms with van der Waals surface area (Å²) in [4.78, 5) is 10.4. The van der Waals surface area contributed by atoms with Crippen LogP contribution in [0.2, 0.25) is 5.02 Å². The molecule has 4 nitrogen and oxygen atoms in total. The van der Waals surface area contributed by atoms with Gasteiger partial charge in [-0.2, -0.15) is 0 Å². The predicted octanol–water partition coefficient (Wildman–Crippen LogP) is 4.33. The molecule has 0 amide bonds. The van der Waals surface area contributed by atoms with E-state index in [2.05, 4.69) is 40.5 Å². The van der Waals surface area contributed by atoms with Gasteiger partial charge in [0.25, 0.3) is 0 Å². The second-order valence-corrected chi connectivity index (χ2v) is 6.98. The zero-order valence-electron chi connectivity index (χ0n) is 14.2. The minimum absolute atomic E-state index is 0. The van der Waals surface area contributed by atoms with Gasteiger partial charge in [-0.15, -0.1) is 35.3 Å². The molecule has 1 aromatic carbocycles. The van der Waals surface area contributed by atoms with Crippen LogP contribution in [0.3, 0.4) is 0 Å². The highest BCUT2D eigenvalue weighted by molar-refractivity contribution is 14.0. The Morgan fingerprint density at radius 2 is 2.08 bits per heavy atom. The van der Waals surface area contributed by atoms with Gasteiger partial charge in [0.1, 0.15) is 5.01 Å². The van der Waals surface area contributed by atoms with Crippen LogP contribution in [0, 0.1) is 13.8 Å². The van der Waals surface area contributed by atoms with E-state index in [1.807, 2.05) is 25.1 Å². The molecule has 0 saturated carbocycles. The number of hydrogen-bond acceptors (Lipinski definition) is 3. The highest BCUT2D eigenvalue weighted by Gasteiger charge is 2.04. The minimum atomic E-state index is 0. The van der Waals surface area contributed by atoms with E-state index in [1.54, 1.807) is 11.3 Å². The van der Waals surface area contributed by atoms with Crippen molar-refractivity contribution in [3.8, 4) is 0 Å². The number of hydrogen-bond donors (Lipinski definition) is 2. The molecule has 0 spiro atoms. The first-order valence-corrected chi connectivity index (χ1v) is 8.97. The zero-order valence-corrected chi connectivity index (χ0v) is 18.1. The summed E-state index contributed by atoms with van der Waals surface area (Å²) >= 11 is 7.71. The van der Waals surface area contributed by atoms with Crippen LogP contribution in [0.5, 0.6) is 0 Å². The van der Waals surface area contributed by atoms with Crippen molar-refractivity contribution in [2.45, 2.75) is 33.7 Å². The van der Waals surface area contributed by atoms with Gasteiger partial charge in [-0.25, -0.2) is 9.98 Å². The fourth-order valence-corrected chi connectivity index (χ4v) is 3.18. The fraction of sp³-hybridized carbons (Fsp3) is 0.412. The molecular weight excluding hydrogens is 455 g/mol. The average Bonchev–Trinajstić information content (AvgIpc) is 2.83. The van der Waals surface area contributed by atoms with Gasteiger partial charge in [0.15, 0.2) is 5.96 Å². The van der Waals surface area contributed by atoms with E-state index in [4.69, 9.17) is 11.6 Å². The van der Waals surface area contributed by atoms with Gasteiger partial charge in [-0.05, 0) is 44.9 Å². The van der Waals surface area contributed by atoms with E-state index in [9.17, 15) is 0 Å². The molecule has 24 heavy (non-hydrogen) atoms. The van der Waals surface area contributed by atoms with Gasteiger partial charge in [-0.1, -0.05) is 23.7 Å². The van der Waals surface area contributed by atoms with Crippen molar-refractivity contribution in [1.82, 2.24) is 15.6 Å². The number of guanidine groups is 1. The molecule has 0 aliphatic rings. The summed E-state index contributed by atoms with van der Waals surface area (Å²) in [7, 11) is 0. The largest absolute Gasteiger partial charge is 0.357 e. The first kappa shape index (κ1) is 21.2. The average molecular weight is 479 g/mol. The maximum atomic E-state index is 6.01. The molecule has 2 N–H and O–H groups in total. The Kier molecular flexibility index (Phi) is 9.61. The van der Waals surface area contributed by atoms with Crippen LogP contribution in [0.25, 0.3) is 0 Å². The van der Waals surface area contributed by atoms with E-state index >= 15 is 0 Å². The van der Waals surface area contributed by atoms with Crippen LogP contribution >= 0.6 is 46.9 Å². The van der Waals surface area contributed by atoms with E-state index in [0.717, 1.165) is 41.2 Å². The van der Waals surface area contributed by atoms with E-state index in [-0.39, 0.29) is 24.0 Å². The van der Waals surface area contributed by atoms with Crippen LogP contribution in [0.15, 0.2) is 29.3 Å². The van der Waals surface area contributed by atoms with Gasteiger partial charge in [0, 0.05) is 23.0 Å². The summed E-state index contributed by atoms with van der Waals surface area (Å²) in [5.74, 6) is 0.819. The predicted molar refractivity (Wildman–Crippen MR) is 115 cm³/mol. The molecular formula is C17H24ClIN4S. The monoisotopic (exact) mass is 478 g/mol. The van der Waals surface area contributed by atoms with Crippen molar-refractivity contribution in [2.75, 3.05) is 13.1 Å². The summed E-state index contributed by atoms with van der Waals surface area (Å²) < 4.78 is 0. The first-order valence-electron chi connectivity index (χ1n) is 7.78. The number of aromatic nitrogens is 1. The Bertz CT molecular complexity index is 653. The molecule has 0 aliphatic heterocycles. The van der Waals surface area contributed by atoms with Crippen LogP contribution < -0.4 is 10.6 Å². The van der Waals surface area contributed by atoms with Gasteiger partial charge in [-0.3, -0.25) is 0 Å². The third-order valence-electron chi connectivity index (χ3n) is 3.38. The Labute approximate surface area is 170 Å². The minimum Gasteiger partial charge on any atom is -0.357 e. The molecule has 0 atom stereocenters. The molecule has 0 saturated heterocycles. The molecule has 0 radical (unpaired) electrons. The van der Waals surface area contributed by atoms with Crippen molar-refractivity contribution < 1.29 is 0 Å². The number of aliphatic imine (C=N–C) groups is 1. The van der Waals surface area contributed by atoms with Crippen molar-refractivity contribution in [2.24, 2.45) is 4.99 Å². The highest BCUT2D eigenvalue weighted by Crippen LogP contribution is 2.17. The van der Waals surface area contributed by atoms with Crippen LogP contribution in [-0.2, 0) is 13.0 Å². The van der Waals surface area contributed by atoms with Crippen molar-refractivity contribution in [1.29, 1.82) is 0 Å². The summed E-state index contributed by atoms with van der Waals surface area (Å²) in [6.07, 6.45) is 0.903. The SMILES string of the molecule is CCNC(=NCc1nc(C)c(C)s1)NCCc1cccc(Cl)c1.I. The third kappa shape index (κ3) is 6.94. The second-order valence-electron chi connectivity index (χ2n) is 5.25. The first-order chi connectivity index (χ1) is 11.1. The molecule has 0 unspecified atom stereocenters. The lowest BCUT2D eigenvalue weighted by Crippen LogP contribution is -2.38. The highest BCUT2D eigenvalue weighted by atomic mass is 127. The van der Waals surface area contributed by atoms with Crippen molar-refractivity contribution in [3.05, 3.63) is 50.4 Å². The summed E-state index contributed by atoms with van der Waals surface area (Å²) in [5, 5.41) is 8.44. The molecule has 0 aliphatic carbocycles. The Hall–Kier alpha value is -0.860. The van der Waals surface area contributed by atoms with Gasteiger partial charge in [0.05, 0.1) is 12.2 Å². The lowest BCUT2D eigenvalue weighted by atomic mass is 10.1. The molecule has 2 rings (SSSR count). The second kappa shape index (κ2) is 10.9. The number of halogens is 2. The number of rotatable bonds is 6. The van der Waals surface area contributed by atoms with Gasteiger partial charge >= 0.3 is 0 Å². The molecule has 0 bridgehead atoms. The smallest absolute Gasteiger partial charge is 0.191 e. The lowest BCUT2D eigenvalue weighted by Gasteiger charge is -2.11. The van der Waals surface area contributed by atoms with E-state index in [1.165, 1.54) is 10.4 Å². The maximum Gasteiger partial charge on any atom is 0.191 e. The van der Waals surface area contributed by atoms with Gasteiger partial charge < -0.3 is 10.6 Å². The number of aryl methyl sites for hydroxylation is 2. The quantitative estimate of drug-likeness (QED) is 0.369. The molecule has 1 heterocycles. The summed E-state index contributed by atoms with van der Waals surface area (Å²) in [5.41, 5.74) is 2.31. The van der Waals surface area contributed by atoms with Crippen LogP contribution in [0.4, 0.5) is 0 Å². The molecule has 2 aromatic rings. The standard InChI is InChI=1S/C17H23ClN4S.HI/c1-4-19-17(21-11-16-22-12(2)13(3)23-16)20-9-8-14-6-5-7-15(18)10-14;/h5-7,10H,4,8-9,11H2,1-3H3,(H2,19,20,21);1H. The lowest BCUT2D eigenvalue weighted by molar-refractivity contribution is 0.798. The zero-order chi connectivity index (χ0) is 16.7. The van der Waals surface area contributed by atoms with Crippen molar-refractivity contribution >= 4 is 52.9 Å². The third-order valence-corrected chi connectivity index (χ3v) is 4.68. The number of thiazole rings is 1. The Morgan fingerprint density at radius 1 is 1.29 bits per heavy atom.